The van der Waals surface area contributed by atoms with E-state index in [0.29, 0.717) is 6.29 Å². The average molecular weight is 498 g/mol. The Bertz CT molecular complexity index is 707. The van der Waals surface area contributed by atoms with Crippen LogP contribution in [0.5, 0.6) is 0 Å². The number of aliphatic carboxylic acids is 4. The summed E-state index contributed by atoms with van der Waals surface area (Å²) in [6, 6.07) is -2.53. The van der Waals surface area contributed by atoms with E-state index in [1.807, 2.05) is 0 Å². The molecule has 0 radical (unpaired) electrons. The number of carbonyl (C=O) groups is 5. The Morgan fingerprint density at radius 3 is 1.67 bits per heavy atom. The maximum atomic E-state index is 11.4. The molecule has 2 unspecified atom stereocenters. The first-order valence-electron chi connectivity index (χ1n) is 9.75. The molecule has 3 atom stereocenters. The van der Waals surface area contributed by atoms with Crippen molar-refractivity contribution < 1.29 is 58.4 Å². The molecular weight excluding hydrogens is 469 g/mol. The summed E-state index contributed by atoms with van der Waals surface area (Å²) in [5.74, 6) is -5.25. The van der Waals surface area contributed by atoms with Crippen LogP contribution in [0.4, 0.5) is 0 Å². The second-order valence-electron chi connectivity index (χ2n) is 6.86. The van der Waals surface area contributed by atoms with E-state index in [1.54, 1.807) is 6.92 Å². The standard InChI is InChI=1S/C17H28N3O12P/c1-2-12(16(26)27)19(9-14(22)23)6-4-18(11-32-33(30)31)5-7-20(10-15(24)25)13(3-8-21)17(28)29/h8,12-13H,2-7,9-11H2,1H3,(H4-,22,23,24,25,26,27,28,29,30,31)/p+1/t12?,13-/m0/s1. The van der Waals surface area contributed by atoms with Gasteiger partial charge in [0.2, 0.25) is 0 Å². The van der Waals surface area contributed by atoms with Crippen molar-refractivity contribution in [2.45, 2.75) is 31.8 Å². The van der Waals surface area contributed by atoms with E-state index in [9.17, 15) is 38.8 Å². The van der Waals surface area contributed by atoms with Gasteiger partial charge in [-0.3, -0.25) is 33.9 Å². The summed E-state index contributed by atoms with van der Waals surface area (Å²) < 4.78 is 15.6. The highest BCUT2D eigenvalue weighted by molar-refractivity contribution is 7.32. The minimum atomic E-state index is -3.01. The van der Waals surface area contributed by atoms with Gasteiger partial charge in [-0.2, -0.15) is 0 Å². The number of carbonyl (C=O) groups excluding carboxylic acids is 1. The number of hydrogen-bond donors (Lipinski definition) is 5. The van der Waals surface area contributed by atoms with Crippen LogP contribution >= 0.6 is 8.25 Å². The van der Waals surface area contributed by atoms with Crippen LogP contribution in [0.1, 0.15) is 19.8 Å². The number of rotatable bonds is 20. The molecular formula is C17H29N3O12P+. The maximum absolute atomic E-state index is 11.4. The lowest BCUT2D eigenvalue weighted by atomic mass is 10.2. The second kappa shape index (κ2) is 16.1. The van der Waals surface area contributed by atoms with Crippen LogP contribution in [0.15, 0.2) is 0 Å². The molecule has 0 amide bonds. The van der Waals surface area contributed by atoms with Crippen molar-refractivity contribution in [1.82, 2.24) is 14.7 Å². The van der Waals surface area contributed by atoms with Crippen LogP contribution in [-0.4, -0.2) is 128 Å². The summed E-state index contributed by atoms with van der Waals surface area (Å²) in [5.41, 5.74) is 0. The summed E-state index contributed by atoms with van der Waals surface area (Å²) in [6.45, 7) is -0.613. The van der Waals surface area contributed by atoms with Crippen LogP contribution in [0.2, 0.25) is 0 Å². The topological polar surface area (TPSA) is 223 Å². The molecule has 188 valence electrons. The van der Waals surface area contributed by atoms with E-state index in [4.69, 9.17) is 15.1 Å². The van der Waals surface area contributed by atoms with Gasteiger partial charge in [-0.1, -0.05) is 6.92 Å². The van der Waals surface area contributed by atoms with Crippen molar-refractivity contribution in [3.05, 3.63) is 0 Å². The van der Waals surface area contributed by atoms with Crippen LogP contribution in [0.3, 0.4) is 0 Å². The van der Waals surface area contributed by atoms with Crippen molar-refractivity contribution in [2.75, 3.05) is 46.0 Å². The van der Waals surface area contributed by atoms with E-state index in [1.165, 1.54) is 9.80 Å². The van der Waals surface area contributed by atoms with Gasteiger partial charge in [0.25, 0.3) is 0 Å². The fourth-order valence-corrected chi connectivity index (χ4v) is 3.30. The van der Waals surface area contributed by atoms with Crippen molar-refractivity contribution >= 4 is 38.4 Å². The summed E-state index contributed by atoms with van der Waals surface area (Å²) >= 11 is 0. The number of carboxylic acids is 4. The SMILES string of the molecule is CCC(C(=O)O)N(CCN(CCN(CC(=O)O)[C@@H](CC=O)C(=O)O)CO[P+](=O)O)CC(=O)O. The maximum Gasteiger partial charge on any atom is 0.696 e. The highest BCUT2D eigenvalue weighted by Gasteiger charge is 2.29. The molecule has 33 heavy (non-hydrogen) atoms. The van der Waals surface area contributed by atoms with Gasteiger partial charge in [-0.25, -0.2) is 0 Å². The van der Waals surface area contributed by atoms with Crippen LogP contribution in [0.25, 0.3) is 0 Å². The van der Waals surface area contributed by atoms with Gasteiger partial charge in [0.15, 0.2) is 6.73 Å². The van der Waals surface area contributed by atoms with Crippen molar-refractivity contribution in [3.8, 4) is 0 Å². The third-order valence-electron chi connectivity index (χ3n) is 4.59. The Morgan fingerprint density at radius 1 is 0.879 bits per heavy atom. The smallest absolute Gasteiger partial charge is 0.480 e. The lowest BCUT2D eigenvalue weighted by molar-refractivity contribution is -0.148. The van der Waals surface area contributed by atoms with Gasteiger partial charge in [-0.05, 0) is 6.42 Å². The summed E-state index contributed by atoms with van der Waals surface area (Å²) in [5, 5.41) is 36.8. The van der Waals surface area contributed by atoms with Gasteiger partial charge in [0.05, 0.1) is 13.1 Å². The van der Waals surface area contributed by atoms with Crippen molar-refractivity contribution in [1.29, 1.82) is 0 Å². The van der Waals surface area contributed by atoms with E-state index < -0.39 is 70.5 Å². The highest BCUT2D eigenvalue weighted by Crippen LogP contribution is 2.15. The molecule has 0 heterocycles. The monoisotopic (exact) mass is 498 g/mol. The van der Waals surface area contributed by atoms with E-state index in [0.717, 1.165) is 4.90 Å². The second-order valence-corrected chi connectivity index (χ2v) is 7.60. The minimum Gasteiger partial charge on any atom is -0.480 e. The molecule has 0 aromatic rings. The zero-order chi connectivity index (χ0) is 25.6. The molecule has 0 aliphatic carbocycles. The molecule has 5 N–H and O–H groups in total. The Balaban J connectivity index is 5.48. The summed E-state index contributed by atoms with van der Waals surface area (Å²) in [6.07, 6.45) is -0.0176. The van der Waals surface area contributed by atoms with Crippen LogP contribution < -0.4 is 0 Å². The zero-order valence-corrected chi connectivity index (χ0v) is 18.9. The predicted molar refractivity (Wildman–Crippen MR) is 110 cm³/mol. The van der Waals surface area contributed by atoms with Crippen LogP contribution in [-0.2, 0) is 33.1 Å². The first kappa shape index (κ1) is 30.4. The molecule has 16 heteroatoms. The third kappa shape index (κ3) is 12.9. The lowest BCUT2D eigenvalue weighted by Gasteiger charge is -2.31. The first-order valence-corrected chi connectivity index (χ1v) is 10.9. The molecule has 0 aliphatic rings. The van der Waals surface area contributed by atoms with Gasteiger partial charge in [-0.15, -0.1) is 9.42 Å². The average Bonchev–Trinajstić information content (AvgIpc) is 2.69. The van der Waals surface area contributed by atoms with Crippen molar-refractivity contribution in [3.63, 3.8) is 0 Å². The molecule has 0 bridgehead atoms. The van der Waals surface area contributed by atoms with Gasteiger partial charge < -0.3 is 25.2 Å². The Hall–Kier alpha value is -2.55. The number of carboxylic acid groups (broad SMARTS) is 4. The van der Waals surface area contributed by atoms with Gasteiger partial charge >= 0.3 is 32.1 Å². The van der Waals surface area contributed by atoms with Gasteiger partial charge in [0.1, 0.15) is 18.4 Å². The third-order valence-corrected chi connectivity index (χ3v) is 4.93. The Labute approximate surface area is 190 Å². The largest absolute Gasteiger partial charge is 0.696 e. The molecule has 0 aromatic carbocycles. The number of hydrogen-bond acceptors (Lipinski definition) is 10. The Morgan fingerprint density at radius 2 is 1.33 bits per heavy atom. The van der Waals surface area contributed by atoms with Crippen LogP contribution in [0, 0.1) is 0 Å². The summed E-state index contributed by atoms with van der Waals surface area (Å²) in [4.78, 5) is 68.4. The molecule has 0 spiro atoms. The van der Waals surface area contributed by atoms with Gasteiger partial charge in [0, 0.05) is 37.2 Å². The zero-order valence-electron chi connectivity index (χ0n) is 18.0. The fraction of sp³-hybridized carbons (Fsp3) is 0.706. The number of nitrogens with zero attached hydrogens (tertiary/aromatic N) is 3. The summed E-state index contributed by atoms with van der Waals surface area (Å²) in [7, 11) is -3.01. The van der Waals surface area contributed by atoms with Crippen molar-refractivity contribution in [2.24, 2.45) is 0 Å². The highest BCUT2D eigenvalue weighted by atomic mass is 31.1. The normalized spacial score (nSPS) is 13.7. The molecule has 0 aromatic heterocycles. The molecule has 0 saturated carbocycles. The van der Waals surface area contributed by atoms with E-state index in [-0.39, 0.29) is 32.6 Å². The quantitative estimate of drug-likeness (QED) is 0.0739. The molecule has 15 nitrogen and oxygen atoms in total. The lowest BCUT2D eigenvalue weighted by Crippen LogP contribution is -2.50. The molecule has 0 rings (SSSR count). The van der Waals surface area contributed by atoms with E-state index in [2.05, 4.69) is 4.52 Å². The number of aldehydes is 1. The fourth-order valence-electron chi connectivity index (χ4n) is 3.04. The van der Waals surface area contributed by atoms with E-state index >= 15 is 0 Å². The molecule has 0 fully saturated rings. The predicted octanol–water partition coefficient (Wildman–Crippen LogP) is -1.41. The minimum absolute atomic E-state index is 0.0490. The molecule has 0 aliphatic heterocycles. The first-order chi connectivity index (χ1) is 15.4. The molecule has 0 saturated heterocycles. The Kier molecular flexibility index (Phi) is 14.9.